The number of imidazole rings is 1. The van der Waals surface area contributed by atoms with Crippen molar-refractivity contribution < 1.29 is 19.4 Å². The number of rotatable bonds is 4. The quantitative estimate of drug-likeness (QED) is 0.851. The van der Waals surface area contributed by atoms with E-state index in [1.54, 1.807) is 0 Å². The van der Waals surface area contributed by atoms with Crippen LogP contribution in [-0.4, -0.2) is 65.3 Å². The van der Waals surface area contributed by atoms with E-state index in [1.807, 2.05) is 31.5 Å². The van der Waals surface area contributed by atoms with E-state index in [1.165, 1.54) is 0 Å². The summed E-state index contributed by atoms with van der Waals surface area (Å²) in [5.74, 6) is 0.881. The first-order chi connectivity index (χ1) is 10.7. The lowest BCUT2D eigenvalue weighted by Gasteiger charge is -2.26. The van der Waals surface area contributed by atoms with Gasteiger partial charge in [0.2, 0.25) is 0 Å². The molecule has 120 valence electrons. The summed E-state index contributed by atoms with van der Waals surface area (Å²) in [7, 11) is 0. The van der Waals surface area contributed by atoms with Crippen molar-refractivity contribution in [3.8, 4) is 5.75 Å². The highest BCUT2D eigenvalue weighted by Gasteiger charge is 2.09. The number of morpholine rings is 1. The molecule has 0 radical (unpaired) electrons. The number of aryl methyl sites for hydroxylation is 1. The molecule has 7 nitrogen and oxygen atoms in total. The summed E-state index contributed by atoms with van der Waals surface area (Å²) in [6.07, 6.45) is 3.87. The second-order valence-corrected chi connectivity index (χ2v) is 4.90. The highest BCUT2D eigenvalue weighted by atomic mass is 16.5. The van der Waals surface area contributed by atoms with Crippen LogP contribution in [0, 0.1) is 6.92 Å². The molecule has 1 fully saturated rings. The zero-order valence-electron chi connectivity index (χ0n) is 12.6. The van der Waals surface area contributed by atoms with Crippen molar-refractivity contribution in [2.75, 3.05) is 39.5 Å². The minimum atomic E-state index is -0.250. The van der Waals surface area contributed by atoms with Crippen LogP contribution >= 0.6 is 0 Å². The molecule has 7 heteroatoms. The number of nitrogens with zero attached hydrogens (tertiary/aromatic N) is 3. The maximum atomic E-state index is 8.36. The Hall–Kier alpha value is -2.12. The first-order valence-corrected chi connectivity index (χ1v) is 7.19. The molecule has 2 aromatic heterocycles. The second kappa shape index (κ2) is 8.35. The van der Waals surface area contributed by atoms with Gasteiger partial charge < -0.3 is 19.0 Å². The van der Waals surface area contributed by atoms with Crippen molar-refractivity contribution in [3.63, 3.8) is 0 Å². The average molecular weight is 307 g/mol. The third-order valence-corrected chi connectivity index (χ3v) is 3.45. The predicted octanol–water partition coefficient (Wildman–Crippen LogP) is 1.05. The van der Waals surface area contributed by atoms with Gasteiger partial charge in [-0.1, -0.05) is 0 Å². The summed E-state index contributed by atoms with van der Waals surface area (Å²) in [5.41, 5.74) is 2.07. The van der Waals surface area contributed by atoms with E-state index >= 15 is 0 Å². The summed E-state index contributed by atoms with van der Waals surface area (Å²) in [6, 6.07) is 3.97. The Morgan fingerprint density at radius 1 is 1.45 bits per heavy atom. The van der Waals surface area contributed by atoms with Crippen LogP contribution in [0.1, 0.15) is 5.69 Å². The zero-order valence-corrected chi connectivity index (χ0v) is 12.6. The van der Waals surface area contributed by atoms with E-state index < -0.39 is 0 Å². The van der Waals surface area contributed by atoms with E-state index in [0.29, 0.717) is 6.61 Å². The normalized spacial score (nSPS) is 15.1. The van der Waals surface area contributed by atoms with Gasteiger partial charge in [0.05, 0.1) is 13.2 Å². The standard InChI is InChI=1S/C14H19N3O2.CH2O2/c1-12-11-15-14-10-13(2-3-17(12)14)19-9-6-16-4-7-18-8-5-16;2-1-3/h2-3,10-11H,4-9H2,1H3;1H,(H,2,3). The van der Waals surface area contributed by atoms with Gasteiger partial charge in [0.1, 0.15) is 18.0 Å². The van der Waals surface area contributed by atoms with Crippen LogP contribution in [0.15, 0.2) is 24.5 Å². The van der Waals surface area contributed by atoms with Crippen molar-refractivity contribution in [3.05, 3.63) is 30.2 Å². The Morgan fingerprint density at radius 3 is 2.91 bits per heavy atom. The molecular formula is C15H21N3O4. The van der Waals surface area contributed by atoms with E-state index in [-0.39, 0.29) is 6.47 Å². The minimum Gasteiger partial charge on any atom is -0.492 e. The van der Waals surface area contributed by atoms with E-state index in [0.717, 1.165) is 49.9 Å². The molecule has 3 heterocycles. The largest absolute Gasteiger partial charge is 0.492 e. The molecule has 0 atom stereocenters. The van der Waals surface area contributed by atoms with Crippen molar-refractivity contribution in [1.29, 1.82) is 0 Å². The molecule has 1 aliphatic heterocycles. The van der Waals surface area contributed by atoms with Gasteiger partial charge in [-0.3, -0.25) is 9.69 Å². The van der Waals surface area contributed by atoms with Crippen LogP contribution in [0.5, 0.6) is 5.75 Å². The summed E-state index contributed by atoms with van der Waals surface area (Å²) in [5, 5.41) is 6.89. The highest BCUT2D eigenvalue weighted by molar-refractivity contribution is 5.45. The average Bonchev–Trinajstić information content (AvgIpc) is 2.90. The molecule has 0 aromatic carbocycles. The fraction of sp³-hybridized carbons (Fsp3) is 0.467. The molecule has 1 N–H and O–H groups in total. The van der Waals surface area contributed by atoms with E-state index in [2.05, 4.69) is 14.3 Å². The molecule has 1 aliphatic rings. The van der Waals surface area contributed by atoms with Crippen molar-refractivity contribution in [1.82, 2.24) is 14.3 Å². The second-order valence-electron chi connectivity index (χ2n) is 4.90. The zero-order chi connectivity index (χ0) is 15.8. The van der Waals surface area contributed by atoms with Crippen molar-refractivity contribution >= 4 is 12.1 Å². The van der Waals surface area contributed by atoms with Crippen LogP contribution in [0.3, 0.4) is 0 Å². The van der Waals surface area contributed by atoms with Crippen LogP contribution in [-0.2, 0) is 9.53 Å². The molecule has 2 aromatic rings. The third kappa shape index (κ3) is 4.44. The smallest absolute Gasteiger partial charge is 0.290 e. The molecule has 0 unspecified atom stereocenters. The number of fused-ring (bicyclic) bond motifs is 1. The molecule has 0 spiro atoms. The number of carbonyl (C=O) groups is 1. The molecule has 0 bridgehead atoms. The fourth-order valence-electron chi connectivity index (χ4n) is 2.30. The summed E-state index contributed by atoms with van der Waals surface area (Å²) < 4.78 is 13.2. The third-order valence-electron chi connectivity index (χ3n) is 3.45. The Labute approximate surface area is 129 Å². The lowest BCUT2D eigenvalue weighted by molar-refractivity contribution is -0.122. The van der Waals surface area contributed by atoms with Gasteiger partial charge in [-0.15, -0.1) is 0 Å². The maximum Gasteiger partial charge on any atom is 0.290 e. The SMILES string of the molecule is Cc1cnc2cc(OCCN3CCOCC3)ccn12.O=CO. The Morgan fingerprint density at radius 2 is 2.18 bits per heavy atom. The number of pyridine rings is 1. The van der Waals surface area contributed by atoms with E-state index in [9.17, 15) is 0 Å². The number of hydrogen-bond donors (Lipinski definition) is 1. The molecule has 1 saturated heterocycles. The minimum absolute atomic E-state index is 0.250. The number of hydrogen-bond acceptors (Lipinski definition) is 5. The van der Waals surface area contributed by atoms with Crippen molar-refractivity contribution in [2.45, 2.75) is 6.92 Å². The van der Waals surface area contributed by atoms with Crippen LogP contribution in [0.2, 0.25) is 0 Å². The first kappa shape index (κ1) is 16.3. The Bertz CT molecular complexity index is 593. The Balaban J connectivity index is 0.000000545. The lowest BCUT2D eigenvalue weighted by atomic mass is 10.4. The number of ether oxygens (including phenoxy) is 2. The van der Waals surface area contributed by atoms with Gasteiger partial charge in [-0.25, -0.2) is 4.98 Å². The Kier molecular flexibility index (Phi) is 6.17. The summed E-state index contributed by atoms with van der Waals surface area (Å²) in [6.45, 7) is 7.11. The summed E-state index contributed by atoms with van der Waals surface area (Å²) >= 11 is 0. The molecular weight excluding hydrogens is 286 g/mol. The fourth-order valence-corrected chi connectivity index (χ4v) is 2.30. The van der Waals surface area contributed by atoms with Gasteiger partial charge in [0.15, 0.2) is 0 Å². The van der Waals surface area contributed by atoms with Crippen molar-refractivity contribution in [2.24, 2.45) is 0 Å². The van der Waals surface area contributed by atoms with E-state index in [4.69, 9.17) is 19.4 Å². The van der Waals surface area contributed by atoms with Gasteiger partial charge >= 0.3 is 0 Å². The predicted molar refractivity (Wildman–Crippen MR) is 81.4 cm³/mol. The van der Waals surface area contributed by atoms with Crippen LogP contribution in [0.4, 0.5) is 0 Å². The molecule has 0 aliphatic carbocycles. The van der Waals surface area contributed by atoms with Gasteiger partial charge in [-0.05, 0) is 13.0 Å². The first-order valence-electron chi connectivity index (χ1n) is 7.19. The molecule has 0 amide bonds. The van der Waals surface area contributed by atoms with Gasteiger partial charge in [0.25, 0.3) is 6.47 Å². The number of aromatic nitrogens is 2. The molecule has 3 rings (SSSR count). The maximum absolute atomic E-state index is 8.36. The van der Waals surface area contributed by atoms with Crippen LogP contribution < -0.4 is 4.74 Å². The monoisotopic (exact) mass is 307 g/mol. The summed E-state index contributed by atoms with van der Waals surface area (Å²) in [4.78, 5) is 15.1. The molecule has 0 saturated carbocycles. The topological polar surface area (TPSA) is 76.3 Å². The molecule has 22 heavy (non-hydrogen) atoms. The van der Waals surface area contributed by atoms with Gasteiger partial charge in [0, 0.05) is 43.8 Å². The lowest BCUT2D eigenvalue weighted by Crippen LogP contribution is -2.38. The van der Waals surface area contributed by atoms with Gasteiger partial charge in [-0.2, -0.15) is 0 Å². The highest BCUT2D eigenvalue weighted by Crippen LogP contribution is 2.15. The number of carboxylic acid groups (broad SMARTS) is 1. The van der Waals surface area contributed by atoms with Crippen LogP contribution in [0.25, 0.3) is 5.65 Å².